The van der Waals surface area contributed by atoms with Crippen molar-refractivity contribution < 1.29 is 19.1 Å². The molecule has 0 unspecified atom stereocenters. The second-order valence-electron chi connectivity index (χ2n) is 6.01. The second kappa shape index (κ2) is 10.2. The molecule has 0 saturated carbocycles. The summed E-state index contributed by atoms with van der Waals surface area (Å²) in [4.78, 5) is 26.4. The van der Waals surface area contributed by atoms with Crippen molar-refractivity contribution in [1.29, 1.82) is 0 Å². The van der Waals surface area contributed by atoms with Crippen molar-refractivity contribution in [2.24, 2.45) is 0 Å². The highest BCUT2D eigenvalue weighted by atomic mass is 16.5. The third kappa shape index (κ3) is 6.02. The van der Waals surface area contributed by atoms with Gasteiger partial charge in [-0.05, 0) is 43.2 Å². The van der Waals surface area contributed by atoms with Gasteiger partial charge in [0.2, 0.25) is 11.8 Å². The summed E-state index contributed by atoms with van der Waals surface area (Å²) >= 11 is 0. The number of carbonyl (C=O) groups is 2. The van der Waals surface area contributed by atoms with Crippen LogP contribution in [0.5, 0.6) is 11.5 Å². The molecule has 0 aromatic heterocycles. The first-order chi connectivity index (χ1) is 13.1. The van der Waals surface area contributed by atoms with E-state index in [0.717, 1.165) is 11.3 Å². The van der Waals surface area contributed by atoms with E-state index in [0.29, 0.717) is 30.8 Å². The molecule has 2 aromatic rings. The fourth-order valence-corrected chi connectivity index (χ4v) is 2.72. The normalized spacial score (nSPS) is 10.2. The van der Waals surface area contributed by atoms with Crippen molar-refractivity contribution in [1.82, 2.24) is 4.90 Å². The number of nitrogens with zero attached hydrogens (tertiary/aromatic N) is 1. The Labute approximate surface area is 160 Å². The van der Waals surface area contributed by atoms with Gasteiger partial charge in [0.25, 0.3) is 0 Å². The van der Waals surface area contributed by atoms with Crippen LogP contribution in [-0.4, -0.2) is 44.0 Å². The maximum absolute atomic E-state index is 12.5. The fourth-order valence-electron chi connectivity index (χ4n) is 2.72. The lowest BCUT2D eigenvalue weighted by Gasteiger charge is -2.21. The summed E-state index contributed by atoms with van der Waals surface area (Å²) in [7, 11) is 3.16. The van der Waals surface area contributed by atoms with E-state index < -0.39 is 0 Å². The minimum atomic E-state index is -0.254. The second-order valence-corrected chi connectivity index (χ2v) is 6.01. The van der Waals surface area contributed by atoms with Crippen LogP contribution in [-0.2, 0) is 16.0 Å². The van der Waals surface area contributed by atoms with Gasteiger partial charge in [0.05, 0.1) is 26.5 Å². The Kier molecular flexibility index (Phi) is 7.67. The molecular weight excluding hydrogens is 344 g/mol. The van der Waals surface area contributed by atoms with Gasteiger partial charge in [-0.15, -0.1) is 0 Å². The number of nitrogens with one attached hydrogen (secondary N) is 1. The van der Waals surface area contributed by atoms with Crippen LogP contribution in [0.4, 0.5) is 5.69 Å². The van der Waals surface area contributed by atoms with E-state index in [-0.39, 0.29) is 18.4 Å². The average Bonchev–Trinajstić information content (AvgIpc) is 2.70. The molecule has 0 spiro atoms. The summed E-state index contributed by atoms with van der Waals surface area (Å²) in [5.74, 6) is 1.04. The molecular formula is C21H26N2O4. The zero-order valence-corrected chi connectivity index (χ0v) is 16.0. The van der Waals surface area contributed by atoms with Gasteiger partial charge in [-0.1, -0.05) is 24.3 Å². The van der Waals surface area contributed by atoms with Crippen molar-refractivity contribution in [3.05, 3.63) is 54.1 Å². The molecule has 0 heterocycles. The number of hydrogen-bond donors (Lipinski definition) is 1. The molecule has 2 rings (SSSR count). The Morgan fingerprint density at radius 3 is 2.52 bits per heavy atom. The smallest absolute Gasteiger partial charge is 0.244 e. The Balaban J connectivity index is 1.91. The molecule has 0 bridgehead atoms. The van der Waals surface area contributed by atoms with E-state index >= 15 is 0 Å². The van der Waals surface area contributed by atoms with Crippen LogP contribution in [0.1, 0.15) is 18.9 Å². The summed E-state index contributed by atoms with van der Waals surface area (Å²) in [5, 5.41) is 2.80. The van der Waals surface area contributed by atoms with Gasteiger partial charge in [-0.25, -0.2) is 0 Å². The van der Waals surface area contributed by atoms with Crippen molar-refractivity contribution in [3.8, 4) is 11.5 Å². The molecule has 27 heavy (non-hydrogen) atoms. The van der Waals surface area contributed by atoms with E-state index in [2.05, 4.69) is 5.32 Å². The number of aryl methyl sites for hydroxylation is 1. The number of anilines is 1. The van der Waals surface area contributed by atoms with Crippen LogP contribution in [0.3, 0.4) is 0 Å². The van der Waals surface area contributed by atoms with E-state index in [4.69, 9.17) is 9.47 Å². The molecule has 0 aliphatic heterocycles. The molecule has 6 heteroatoms. The number of likely N-dealkylation sites (N-methyl/N-ethyl adjacent to an activating group) is 1. The topological polar surface area (TPSA) is 67.9 Å². The first kappa shape index (κ1) is 20.3. The van der Waals surface area contributed by atoms with Crippen molar-refractivity contribution in [2.45, 2.75) is 19.8 Å². The Morgan fingerprint density at radius 2 is 1.81 bits per heavy atom. The van der Waals surface area contributed by atoms with Crippen molar-refractivity contribution in [2.75, 3.05) is 32.6 Å². The summed E-state index contributed by atoms with van der Waals surface area (Å²) in [6.45, 7) is 2.33. The van der Waals surface area contributed by atoms with Crippen LogP contribution in [0.25, 0.3) is 0 Å². The van der Waals surface area contributed by atoms with Crippen LogP contribution >= 0.6 is 0 Å². The molecule has 144 valence electrons. The lowest BCUT2D eigenvalue weighted by atomic mass is 10.1. The van der Waals surface area contributed by atoms with E-state index in [1.165, 1.54) is 0 Å². The first-order valence-electron chi connectivity index (χ1n) is 8.91. The van der Waals surface area contributed by atoms with Crippen LogP contribution in [0.15, 0.2) is 48.5 Å². The fraction of sp³-hybridized carbons (Fsp3) is 0.333. The Bertz CT molecular complexity index is 776. The zero-order chi connectivity index (χ0) is 19.6. The van der Waals surface area contributed by atoms with Gasteiger partial charge >= 0.3 is 0 Å². The van der Waals surface area contributed by atoms with Gasteiger partial charge in [-0.2, -0.15) is 0 Å². The third-order valence-electron chi connectivity index (χ3n) is 4.21. The highest BCUT2D eigenvalue weighted by molar-refractivity contribution is 5.95. The highest BCUT2D eigenvalue weighted by Crippen LogP contribution is 2.22. The van der Waals surface area contributed by atoms with Gasteiger partial charge in [0, 0.05) is 13.0 Å². The van der Waals surface area contributed by atoms with Crippen molar-refractivity contribution in [3.63, 3.8) is 0 Å². The Hall–Kier alpha value is -3.02. The first-order valence-corrected chi connectivity index (χ1v) is 8.91. The van der Waals surface area contributed by atoms with Gasteiger partial charge in [0.1, 0.15) is 11.5 Å². The molecule has 0 aliphatic rings. The number of ether oxygens (including phenoxy) is 2. The molecule has 0 saturated heterocycles. The SMILES string of the molecule is CCN(CC(=O)Nc1ccccc1OC)C(=O)CCc1cccc(OC)c1. The molecule has 0 atom stereocenters. The lowest BCUT2D eigenvalue weighted by Crippen LogP contribution is -2.38. The number of amides is 2. The van der Waals surface area contributed by atoms with Crippen LogP contribution in [0, 0.1) is 0 Å². The standard InChI is InChI=1S/C21H26N2O4/c1-4-23(15-20(24)22-18-10-5-6-11-19(18)27-3)21(25)13-12-16-8-7-9-17(14-16)26-2/h5-11,14H,4,12-13,15H2,1-3H3,(H,22,24). The van der Waals surface area contributed by atoms with Gasteiger partial charge < -0.3 is 19.7 Å². The van der Waals surface area contributed by atoms with Crippen molar-refractivity contribution >= 4 is 17.5 Å². The number of methoxy groups -OCH3 is 2. The summed E-state index contributed by atoms with van der Waals surface area (Å²) in [6.07, 6.45) is 0.934. The zero-order valence-electron chi connectivity index (χ0n) is 16.0. The molecule has 2 amide bonds. The third-order valence-corrected chi connectivity index (χ3v) is 4.21. The highest BCUT2D eigenvalue weighted by Gasteiger charge is 2.16. The van der Waals surface area contributed by atoms with Gasteiger partial charge in [-0.3, -0.25) is 9.59 Å². The number of benzene rings is 2. The Morgan fingerprint density at radius 1 is 1.04 bits per heavy atom. The predicted octanol–water partition coefficient (Wildman–Crippen LogP) is 3.12. The maximum Gasteiger partial charge on any atom is 0.244 e. The molecule has 0 aliphatic carbocycles. The number of rotatable bonds is 9. The van der Waals surface area contributed by atoms with Crippen LogP contribution < -0.4 is 14.8 Å². The maximum atomic E-state index is 12.5. The molecule has 2 aromatic carbocycles. The number of hydrogen-bond acceptors (Lipinski definition) is 4. The number of carbonyl (C=O) groups excluding carboxylic acids is 2. The molecule has 0 radical (unpaired) electrons. The molecule has 0 fully saturated rings. The quantitative estimate of drug-likeness (QED) is 0.736. The molecule has 6 nitrogen and oxygen atoms in total. The minimum absolute atomic E-state index is 0.00545. The monoisotopic (exact) mass is 370 g/mol. The van der Waals surface area contributed by atoms with E-state index in [1.807, 2.05) is 43.3 Å². The van der Waals surface area contributed by atoms with Gasteiger partial charge in [0.15, 0.2) is 0 Å². The summed E-state index contributed by atoms with van der Waals surface area (Å²) in [6, 6.07) is 14.8. The largest absolute Gasteiger partial charge is 0.497 e. The molecule has 1 N–H and O–H groups in total. The summed E-state index contributed by atoms with van der Waals surface area (Å²) in [5.41, 5.74) is 1.61. The van der Waals surface area contributed by atoms with Crippen LogP contribution in [0.2, 0.25) is 0 Å². The summed E-state index contributed by atoms with van der Waals surface area (Å²) < 4.78 is 10.4. The minimum Gasteiger partial charge on any atom is -0.497 e. The van der Waals surface area contributed by atoms with E-state index in [9.17, 15) is 9.59 Å². The van der Waals surface area contributed by atoms with E-state index in [1.54, 1.807) is 31.3 Å². The lowest BCUT2D eigenvalue weighted by molar-refractivity contribution is -0.134. The number of para-hydroxylation sites is 2. The predicted molar refractivity (Wildman–Crippen MR) is 105 cm³/mol. The average molecular weight is 370 g/mol.